The van der Waals surface area contributed by atoms with Crippen molar-refractivity contribution in [2.75, 3.05) is 20.1 Å². The van der Waals surface area contributed by atoms with Crippen molar-refractivity contribution in [2.45, 2.75) is 38.6 Å². The summed E-state index contributed by atoms with van der Waals surface area (Å²) in [6.45, 7) is 7.95. The maximum absolute atomic E-state index is 12.6. The highest BCUT2D eigenvalue weighted by atomic mass is 79.9. The fraction of sp³-hybridized carbons (Fsp3) is 0.571. The van der Waals surface area contributed by atoms with E-state index < -0.39 is 10.0 Å². The Balaban J connectivity index is 3.25. The van der Waals surface area contributed by atoms with Crippen LogP contribution in [-0.2, 0) is 16.6 Å². The molecule has 0 aliphatic heterocycles. The van der Waals surface area contributed by atoms with Crippen LogP contribution in [0.5, 0.6) is 0 Å². The molecule has 1 rings (SSSR count). The van der Waals surface area contributed by atoms with Crippen molar-refractivity contribution in [1.82, 2.24) is 9.62 Å². The quantitative estimate of drug-likeness (QED) is 0.811. The first-order chi connectivity index (χ1) is 9.34. The van der Waals surface area contributed by atoms with Gasteiger partial charge in [0, 0.05) is 24.6 Å². The maximum Gasteiger partial charge on any atom is 0.243 e. The summed E-state index contributed by atoms with van der Waals surface area (Å²) >= 11 is 3.41. The summed E-state index contributed by atoms with van der Waals surface area (Å²) in [7, 11) is -1.82. The Bertz CT molecular complexity index is 559. The van der Waals surface area contributed by atoms with E-state index in [0.29, 0.717) is 22.5 Å². The monoisotopic (exact) mass is 362 g/mol. The van der Waals surface area contributed by atoms with Crippen LogP contribution >= 0.6 is 15.9 Å². The molecule has 0 bridgehead atoms. The molecule has 0 amide bonds. The minimum absolute atomic E-state index is 0.348. The lowest BCUT2D eigenvalue weighted by atomic mass is 10.1. The predicted molar refractivity (Wildman–Crippen MR) is 86.4 cm³/mol. The van der Waals surface area contributed by atoms with Crippen molar-refractivity contribution >= 4 is 26.0 Å². The largest absolute Gasteiger partial charge is 0.313 e. The standard InChI is InChI=1S/C14H23BrN2O2S/c1-5-7-17(4)20(18,19)13-9-12(10-16-6-2)8-11(3)14(13)15/h8-9,16H,5-7,10H2,1-4H3. The summed E-state index contributed by atoms with van der Waals surface area (Å²) in [5.74, 6) is 0. The SMILES string of the molecule is CCCN(C)S(=O)(=O)c1cc(CNCC)cc(C)c1Br. The van der Waals surface area contributed by atoms with Gasteiger partial charge in [-0.15, -0.1) is 0 Å². The first kappa shape index (κ1) is 17.6. The zero-order chi connectivity index (χ0) is 15.3. The highest BCUT2D eigenvalue weighted by Crippen LogP contribution is 2.29. The number of nitrogens with one attached hydrogen (secondary N) is 1. The summed E-state index contributed by atoms with van der Waals surface area (Å²) in [5.41, 5.74) is 1.92. The van der Waals surface area contributed by atoms with Crippen LogP contribution < -0.4 is 5.32 Å². The van der Waals surface area contributed by atoms with E-state index in [1.165, 1.54) is 4.31 Å². The van der Waals surface area contributed by atoms with Gasteiger partial charge in [0.1, 0.15) is 0 Å². The summed E-state index contributed by atoms with van der Waals surface area (Å²) in [4.78, 5) is 0.348. The van der Waals surface area contributed by atoms with Crippen LogP contribution in [0.15, 0.2) is 21.5 Å². The van der Waals surface area contributed by atoms with Crippen LogP contribution in [0.25, 0.3) is 0 Å². The fourth-order valence-corrected chi connectivity index (χ4v) is 4.26. The third kappa shape index (κ3) is 4.04. The van der Waals surface area contributed by atoms with E-state index in [2.05, 4.69) is 21.2 Å². The van der Waals surface area contributed by atoms with Crippen LogP contribution in [0.1, 0.15) is 31.4 Å². The van der Waals surface area contributed by atoms with E-state index in [1.54, 1.807) is 13.1 Å². The fourth-order valence-electron chi connectivity index (χ4n) is 1.97. The third-order valence-corrected chi connectivity index (χ3v) is 6.28. The van der Waals surface area contributed by atoms with Crippen LogP contribution in [0.4, 0.5) is 0 Å². The molecule has 0 aliphatic rings. The molecule has 0 unspecified atom stereocenters. The Morgan fingerprint density at radius 1 is 1.30 bits per heavy atom. The molecule has 114 valence electrons. The Hall–Kier alpha value is -0.430. The lowest BCUT2D eigenvalue weighted by molar-refractivity contribution is 0.468. The molecule has 1 N–H and O–H groups in total. The third-order valence-electron chi connectivity index (χ3n) is 3.09. The molecule has 0 fully saturated rings. The van der Waals surface area contributed by atoms with E-state index >= 15 is 0 Å². The molecule has 0 heterocycles. The molecular formula is C14H23BrN2O2S. The molecule has 1 aromatic rings. The second kappa shape index (κ2) is 7.54. The highest BCUT2D eigenvalue weighted by Gasteiger charge is 2.24. The van der Waals surface area contributed by atoms with Crippen molar-refractivity contribution in [3.05, 3.63) is 27.7 Å². The highest BCUT2D eigenvalue weighted by molar-refractivity contribution is 9.10. The Kier molecular flexibility index (Phi) is 6.64. The average molecular weight is 363 g/mol. The number of rotatable bonds is 7. The zero-order valence-corrected chi connectivity index (χ0v) is 14.9. The Labute approximate surface area is 130 Å². The van der Waals surface area contributed by atoms with Gasteiger partial charge in [-0.2, -0.15) is 0 Å². The number of hydrogen-bond donors (Lipinski definition) is 1. The van der Waals surface area contributed by atoms with Crippen molar-refractivity contribution < 1.29 is 8.42 Å². The number of halogens is 1. The molecule has 0 aliphatic carbocycles. The molecule has 4 nitrogen and oxygen atoms in total. The summed E-state index contributed by atoms with van der Waals surface area (Å²) in [5, 5.41) is 3.22. The molecule has 0 aromatic heterocycles. The molecule has 0 saturated heterocycles. The van der Waals surface area contributed by atoms with E-state index in [1.807, 2.05) is 26.8 Å². The van der Waals surface area contributed by atoms with Crippen molar-refractivity contribution in [1.29, 1.82) is 0 Å². The van der Waals surface area contributed by atoms with Crippen molar-refractivity contribution in [2.24, 2.45) is 0 Å². The molecular weight excluding hydrogens is 340 g/mol. The van der Waals surface area contributed by atoms with Gasteiger partial charge in [0.15, 0.2) is 0 Å². The maximum atomic E-state index is 12.6. The van der Waals surface area contributed by atoms with E-state index in [-0.39, 0.29) is 0 Å². The van der Waals surface area contributed by atoms with Crippen LogP contribution in [0, 0.1) is 6.92 Å². The van der Waals surface area contributed by atoms with Gasteiger partial charge in [-0.3, -0.25) is 0 Å². The second-order valence-corrected chi connectivity index (χ2v) is 7.64. The van der Waals surface area contributed by atoms with E-state index in [9.17, 15) is 8.42 Å². The smallest absolute Gasteiger partial charge is 0.243 e. The van der Waals surface area contributed by atoms with E-state index in [4.69, 9.17) is 0 Å². The minimum atomic E-state index is -3.44. The zero-order valence-electron chi connectivity index (χ0n) is 12.5. The first-order valence-corrected chi connectivity index (χ1v) is 9.04. The molecule has 0 atom stereocenters. The van der Waals surface area contributed by atoms with E-state index in [0.717, 1.165) is 24.1 Å². The van der Waals surface area contributed by atoms with Gasteiger partial charge in [0.05, 0.1) is 4.90 Å². The summed E-state index contributed by atoms with van der Waals surface area (Å²) in [6, 6.07) is 3.76. The van der Waals surface area contributed by atoms with Gasteiger partial charge in [-0.25, -0.2) is 12.7 Å². The van der Waals surface area contributed by atoms with Gasteiger partial charge >= 0.3 is 0 Å². The van der Waals surface area contributed by atoms with Gasteiger partial charge in [0.25, 0.3) is 0 Å². The molecule has 0 spiro atoms. The van der Waals surface area contributed by atoms with Crippen molar-refractivity contribution in [3.63, 3.8) is 0 Å². The van der Waals surface area contributed by atoms with Crippen LogP contribution in [0.2, 0.25) is 0 Å². The van der Waals surface area contributed by atoms with Crippen molar-refractivity contribution in [3.8, 4) is 0 Å². The van der Waals surface area contributed by atoms with Gasteiger partial charge in [0.2, 0.25) is 10.0 Å². The molecule has 0 saturated carbocycles. The topological polar surface area (TPSA) is 49.4 Å². The number of benzene rings is 1. The van der Waals surface area contributed by atoms with Gasteiger partial charge in [-0.05, 0) is 53.0 Å². The normalized spacial score (nSPS) is 12.1. The first-order valence-electron chi connectivity index (χ1n) is 6.80. The second-order valence-electron chi connectivity index (χ2n) is 4.83. The van der Waals surface area contributed by atoms with Crippen LogP contribution in [-0.4, -0.2) is 32.9 Å². The Morgan fingerprint density at radius 2 is 1.95 bits per heavy atom. The predicted octanol–water partition coefficient (Wildman–Crippen LogP) is 2.90. The molecule has 0 radical (unpaired) electrons. The molecule has 6 heteroatoms. The molecule has 1 aromatic carbocycles. The van der Waals surface area contributed by atoms with Gasteiger partial charge in [-0.1, -0.05) is 19.9 Å². The number of nitrogens with zero attached hydrogens (tertiary/aromatic N) is 1. The van der Waals surface area contributed by atoms with Gasteiger partial charge < -0.3 is 5.32 Å². The average Bonchev–Trinajstić information content (AvgIpc) is 2.39. The lowest BCUT2D eigenvalue weighted by Crippen LogP contribution is -2.28. The summed E-state index contributed by atoms with van der Waals surface area (Å²) < 4.78 is 27.3. The number of hydrogen-bond acceptors (Lipinski definition) is 3. The van der Waals surface area contributed by atoms with Crippen LogP contribution in [0.3, 0.4) is 0 Å². The molecule has 20 heavy (non-hydrogen) atoms. The number of aryl methyl sites for hydroxylation is 1. The summed E-state index contributed by atoms with van der Waals surface area (Å²) in [6.07, 6.45) is 0.795. The minimum Gasteiger partial charge on any atom is -0.313 e. The lowest BCUT2D eigenvalue weighted by Gasteiger charge is -2.19. The Morgan fingerprint density at radius 3 is 2.50 bits per heavy atom. The number of sulfonamides is 1.